The molecule has 0 bridgehead atoms. The zero-order chi connectivity index (χ0) is 14.8. The van der Waals surface area contributed by atoms with E-state index in [1.54, 1.807) is 0 Å². The molecular weight excluding hydrogens is 248 g/mol. The number of rotatable bonds is 6. The minimum Gasteiger partial charge on any atom is -0.354 e. The van der Waals surface area contributed by atoms with E-state index in [-0.39, 0.29) is 23.4 Å². The third-order valence-electron chi connectivity index (χ3n) is 3.96. The van der Waals surface area contributed by atoms with Crippen LogP contribution in [-0.2, 0) is 17.6 Å². The fraction of sp³-hybridized carbons (Fsp3) is 0.588. The summed E-state index contributed by atoms with van der Waals surface area (Å²) in [6.07, 6.45) is 3.95. The van der Waals surface area contributed by atoms with Gasteiger partial charge in [0.1, 0.15) is 0 Å². The summed E-state index contributed by atoms with van der Waals surface area (Å²) in [5, 5.41) is 2.98. The van der Waals surface area contributed by atoms with Crippen molar-refractivity contribution in [3.05, 3.63) is 35.4 Å². The van der Waals surface area contributed by atoms with E-state index < -0.39 is 0 Å². The standard InChI is InChI=1S/C17H26N2O/c1-12(2)19-16(20)13(3)10-14-6-4-5-7-15(14)11-17(18)8-9-17/h4-7,12-13H,8-11,18H2,1-3H3,(H,19,20). The molecule has 1 fully saturated rings. The van der Waals surface area contributed by atoms with Gasteiger partial charge in [-0.1, -0.05) is 31.2 Å². The Hall–Kier alpha value is -1.35. The van der Waals surface area contributed by atoms with E-state index in [1.165, 1.54) is 11.1 Å². The molecule has 3 nitrogen and oxygen atoms in total. The molecule has 3 N–H and O–H groups in total. The van der Waals surface area contributed by atoms with Crippen LogP contribution in [0.25, 0.3) is 0 Å². The van der Waals surface area contributed by atoms with Crippen LogP contribution in [0.2, 0.25) is 0 Å². The average molecular weight is 274 g/mol. The maximum atomic E-state index is 12.0. The molecule has 0 saturated heterocycles. The normalized spacial score (nSPS) is 17.9. The molecule has 0 heterocycles. The first-order valence-corrected chi connectivity index (χ1v) is 7.56. The second-order valence-corrected chi connectivity index (χ2v) is 6.58. The predicted octanol–water partition coefficient (Wildman–Crippen LogP) is 2.42. The highest BCUT2D eigenvalue weighted by atomic mass is 16.1. The Bertz CT molecular complexity index is 478. The lowest BCUT2D eigenvalue weighted by molar-refractivity contribution is -0.124. The van der Waals surface area contributed by atoms with Gasteiger partial charge < -0.3 is 11.1 Å². The summed E-state index contributed by atoms with van der Waals surface area (Å²) in [6.45, 7) is 5.97. The molecule has 1 aliphatic rings. The van der Waals surface area contributed by atoms with Crippen LogP contribution in [0.3, 0.4) is 0 Å². The monoisotopic (exact) mass is 274 g/mol. The van der Waals surface area contributed by atoms with Crippen LogP contribution in [0, 0.1) is 5.92 Å². The van der Waals surface area contributed by atoms with Crippen molar-refractivity contribution in [1.82, 2.24) is 5.32 Å². The zero-order valence-electron chi connectivity index (χ0n) is 12.8. The first kappa shape index (κ1) is 15.0. The minimum absolute atomic E-state index is 0.00789. The molecule has 110 valence electrons. The van der Waals surface area contributed by atoms with E-state index in [0.717, 1.165) is 25.7 Å². The van der Waals surface area contributed by atoms with Crippen LogP contribution < -0.4 is 11.1 Å². The number of nitrogens with one attached hydrogen (secondary N) is 1. The summed E-state index contributed by atoms with van der Waals surface area (Å²) in [5.74, 6) is 0.121. The molecule has 0 aliphatic heterocycles. The number of carbonyl (C=O) groups is 1. The van der Waals surface area contributed by atoms with E-state index in [9.17, 15) is 4.79 Å². The molecule has 20 heavy (non-hydrogen) atoms. The van der Waals surface area contributed by atoms with E-state index in [0.29, 0.717) is 0 Å². The molecular formula is C17H26N2O. The molecule has 1 unspecified atom stereocenters. The maximum absolute atomic E-state index is 12.0. The van der Waals surface area contributed by atoms with Gasteiger partial charge in [0, 0.05) is 17.5 Å². The van der Waals surface area contributed by atoms with Gasteiger partial charge in [-0.3, -0.25) is 4.79 Å². The van der Waals surface area contributed by atoms with Gasteiger partial charge in [-0.2, -0.15) is 0 Å². The van der Waals surface area contributed by atoms with E-state index in [4.69, 9.17) is 5.73 Å². The van der Waals surface area contributed by atoms with Crippen molar-refractivity contribution < 1.29 is 4.79 Å². The van der Waals surface area contributed by atoms with Crippen LogP contribution in [0.5, 0.6) is 0 Å². The topological polar surface area (TPSA) is 55.1 Å². The Labute approximate surface area is 121 Å². The predicted molar refractivity (Wildman–Crippen MR) is 82.4 cm³/mol. The summed E-state index contributed by atoms with van der Waals surface area (Å²) in [6, 6.07) is 8.57. The third kappa shape index (κ3) is 4.07. The zero-order valence-corrected chi connectivity index (χ0v) is 12.8. The lowest BCUT2D eigenvalue weighted by Crippen LogP contribution is -2.35. The van der Waals surface area contributed by atoms with Crippen LogP contribution in [-0.4, -0.2) is 17.5 Å². The first-order chi connectivity index (χ1) is 9.39. The van der Waals surface area contributed by atoms with Crippen molar-refractivity contribution in [3.63, 3.8) is 0 Å². The minimum atomic E-state index is -0.00789. The lowest BCUT2D eigenvalue weighted by atomic mass is 9.92. The molecule has 1 aromatic carbocycles. The molecule has 1 amide bonds. The highest BCUT2D eigenvalue weighted by Crippen LogP contribution is 2.36. The number of amides is 1. The fourth-order valence-electron chi connectivity index (χ4n) is 2.50. The van der Waals surface area contributed by atoms with E-state index in [2.05, 4.69) is 23.5 Å². The van der Waals surface area contributed by atoms with Crippen molar-refractivity contribution in [2.75, 3.05) is 0 Å². The first-order valence-electron chi connectivity index (χ1n) is 7.56. The largest absolute Gasteiger partial charge is 0.354 e. The van der Waals surface area contributed by atoms with Crippen molar-refractivity contribution >= 4 is 5.91 Å². The van der Waals surface area contributed by atoms with E-state index >= 15 is 0 Å². The van der Waals surface area contributed by atoms with Crippen molar-refractivity contribution in [2.45, 2.75) is 58.0 Å². The number of hydrogen-bond donors (Lipinski definition) is 2. The van der Waals surface area contributed by atoms with Crippen LogP contribution in [0.15, 0.2) is 24.3 Å². The summed E-state index contributed by atoms with van der Waals surface area (Å²) in [4.78, 5) is 12.0. The van der Waals surface area contributed by atoms with Gasteiger partial charge in [-0.25, -0.2) is 0 Å². The van der Waals surface area contributed by atoms with Crippen LogP contribution in [0.4, 0.5) is 0 Å². The molecule has 2 rings (SSSR count). The van der Waals surface area contributed by atoms with Gasteiger partial charge in [-0.15, -0.1) is 0 Å². The summed E-state index contributed by atoms with van der Waals surface area (Å²) in [5.41, 5.74) is 8.80. The molecule has 1 saturated carbocycles. The van der Waals surface area contributed by atoms with Gasteiger partial charge in [0.2, 0.25) is 5.91 Å². The van der Waals surface area contributed by atoms with E-state index in [1.807, 2.05) is 26.8 Å². The van der Waals surface area contributed by atoms with Gasteiger partial charge in [0.15, 0.2) is 0 Å². The number of carbonyl (C=O) groups excluding carboxylic acids is 1. The summed E-state index contributed by atoms with van der Waals surface area (Å²) < 4.78 is 0. The SMILES string of the molecule is CC(C)NC(=O)C(C)Cc1ccccc1CC1(N)CC1. The molecule has 3 heteroatoms. The van der Waals surface area contributed by atoms with Gasteiger partial charge >= 0.3 is 0 Å². The smallest absolute Gasteiger partial charge is 0.223 e. The Morgan fingerprint density at radius 2 is 1.85 bits per heavy atom. The second kappa shape index (κ2) is 5.96. The third-order valence-corrected chi connectivity index (χ3v) is 3.96. The maximum Gasteiger partial charge on any atom is 0.223 e. The molecule has 0 aromatic heterocycles. The van der Waals surface area contributed by atoms with Crippen LogP contribution >= 0.6 is 0 Å². The van der Waals surface area contributed by atoms with Gasteiger partial charge in [-0.05, 0) is 50.7 Å². The molecule has 1 aliphatic carbocycles. The fourth-order valence-corrected chi connectivity index (χ4v) is 2.50. The summed E-state index contributed by atoms with van der Waals surface area (Å²) >= 11 is 0. The Balaban J connectivity index is 2.03. The summed E-state index contributed by atoms with van der Waals surface area (Å²) in [7, 11) is 0. The van der Waals surface area contributed by atoms with Gasteiger partial charge in [0.25, 0.3) is 0 Å². The second-order valence-electron chi connectivity index (χ2n) is 6.58. The molecule has 1 aromatic rings. The van der Waals surface area contributed by atoms with Crippen molar-refractivity contribution in [1.29, 1.82) is 0 Å². The van der Waals surface area contributed by atoms with Crippen molar-refractivity contribution in [2.24, 2.45) is 11.7 Å². The highest BCUT2D eigenvalue weighted by Gasteiger charge is 2.38. The Kier molecular flexibility index (Phi) is 4.48. The number of benzene rings is 1. The van der Waals surface area contributed by atoms with Crippen LogP contribution in [0.1, 0.15) is 44.7 Å². The van der Waals surface area contributed by atoms with Gasteiger partial charge in [0.05, 0.1) is 0 Å². The number of hydrogen-bond acceptors (Lipinski definition) is 2. The Morgan fingerprint density at radius 1 is 1.25 bits per heavy atom. The van der Waals surface area contributed by atoms with Crippen molar-refractivity contribution in [3.8, 4) is 0 Å². The lowest BCUT2D eigenvalue weighted by Gasteiger charge is -2.18. The average Bonchev–Trinajstić information content (AvgIpc) is 3.08. The number of nitrogens with two attached hydrogens (primary N) is 1. The molecule has 1 atom stereocenters. The quantitative estimate of drug-likeness (QED) is 0.837. The molecule has 0 spiro atoms. The molecule has 0 radical (unpaired) electrons. The Morgan fingerprint density at radius 3 is 2.40 bits per heavy atom. The highest BCUT2D eigenvalue weighted by molar-refractivity contribution is 5.78.